The highest BCUT2D eigenvalue weighted by Gasteiger charge is 1.98. The Hall–Kier alpha value is -2.35. The van der Waals surface area contributed by atoms with Gasteiger partial charge in [0.1, 0.15) is 0 Å². The minimum Gasteiger partial charge on any atom is -0.297 e. The van der Waals surface area contributed by atoms with Crippen LogP contribution in [-0.4, -0.2) is 9.55 Å². The lowest BCUT2D eigenvalue weighted by Gasteiger charge is -1.95. The third-order valence-electron chi connectivity index (χ3n) is 2.64. The summed E-state index contributed by atoms with van der Waals surface area (Å²) in [5.74, 6) is 0. The summed E-state index contributed by atoms with van der Waals surface area (Å²) in [5, 5.41) is 0. The van der Waals surface area contributed by atoms with Gasteiger partial charge in [-0.25, -0.2) is 4.98 Å². The molecule has 0 aliphatic carbocycles. The van der Waals surface area contributed by atoms with E-state index in [0.717, 1.165) is 11.0 Å². The Morgan fingerprint density at radius 2 is 1.71 bits per heavy atom. The second kappa shape index (κ2) is 4.26. The fourth-order valence-corrected chi connectivity index (χ4v) is 1.76. The minimum absolute atomic E-state index is 0.963. The second-order valence-corrected chi connectivity index (χ2v) is 3.80. The molecule has 1 heterocycles. The van der Waals surface area contributed by atoms with Crippen LogP contribution in [0.4, 0.5) is 0 Å². The largest absolute Gasteiger partial charge is 0.297 e. The van der Waals surface area contributed by atoms with Gasteiger partial charge in [-0.1, -0.05) is 42.5 Å². The predicted molar refractivity (Wildman–Crippen MR) is 70.2 cm³/mol. The maximum Gasteiger partial charge on any atom is 0.182 e. The van der Waals surface area contributed by atoms with Gasteiger partial charge in [-0.3, -0.25) is 4.57 Å². The van der Waals surface area contributed by atoms with Crippen LogP contribution >= 0.6 is 0 Å². The molecule has 0 amide bonds. The summed E-state index contributed by atoms with van der Waals surface area (Å²) in [6.07, 6.45) is 6.99. The van der Waals surface area contributed by atoms with E-state index in [0.29, 0.717) is 0 Å². The molecule has 0 atom stereocenters. The van der Waals surface area contributed by atoms with Gasteiger partial charge in [0.2, 0.25) is 0 Å². The molecule has 0 aliphatic heterocycles. The van der Waals surface area contributed by atoms with Gasteiger partial charge in [-0.15, -0.1) is 0 Å². The van der Waals surface area contributed by atoms with Gasteiger partial charge in [0.25, 0.3) is 0 Å². The molecule has 0 bridgehead atoms. The molecule has 0 aliphatic rings. The lowest BCUT2D eigenvalue weighted by molar-refractivity contribution is 1.16. The summed E-state index contributed by atoms with van der Waals surface area (Å²) in [4.78, 5) is 4.22. The summed E-state index contributed by atoms with van der Waals surface area (Å²) in [6, 6.07) is 18.2. The van der Waals surface area contributed by atoms with Crippen LogP contribution in [0, 0.1) is 6.33 Å². The van der Waals surface area contributed by atoms with Crippen LogP contribution in [0.25, 0.3) is 23.3 Å². The van der Waals surface area contributed by atoms with Crippen molar-refractivity contribution in [3.63, 3.8) is 0 Å². The van der Waals surface area contributed by atoms with Gasteiger partial charge < -0.3 is 0 Å². The number of aromatic nitrogens is 2. The number of para-hydroxylation sites is 2. The molecule has 0 unspecified atom stereocenters. The number of benzene rings is 2. The molecule has 2 nitrogen and oxygen atoms in total. The van der Waals surface area contributed by atoms with Gasteiger partial charge in [0.15, 0.2) is 6.33 Å². The number of rotatable bonds is 2. The lowest BCUT2D eigenvalue weighted by atomic mass is 10.2. The van der Waals surface area contributed by atoms with Crippen LogP contribution in [0.3, 0.4) is 0 Å². The highest BCUT2D eigenvalue weighted by molar-refractivity contribution is 5.78. The number of hydrogen-bond acceptors (Lipinski definition) is 1. The van der Waals surface area contributed by atoms with Crippen LogP contribution in [0.5, 0.6) is 0 Å². The van der Waals surface area contributed by atoms with E-state index in [-0.39, 0.29) is 0 Å². The van der Waals surface area contributed by atoms with Gasteiger partial charge in [-0.05, 0) is 23.8 Å². The highest BCUT2D eigenvalue weighted by atomic mass is 15.0. The van der Waals surface area contributed by atoms with Crippen molar-refractivity contribution in [1.82, 2.24) is 9.55 Å². The van der Waals surface area contributed by atoms with Crippen LogP contribution in [0.1, 0.15) is 5.56 Å². The highest BCUT2D eigenvalue weighted by Crippen LogP contribution is 2.12. The molecule has 0 spiro atoms. The summed E-state index contributed by atoms with van der Waals surface area (Å²) in [5.41, 5.74) is 3.20. The molecule has 17 heavy (non-hydrogen) atoms. The number of hydrogen-bond donors (Lipinski definition) is 0. The van der Waals surface area contributed by atoms with Crippen molar-refractivity contribution in [2.45, 2.75) is 0 Å². The Morgan fingerprint density at radius 1 is 0.941 bits per heavy atom. The summed E-state index contributed by atoms with van der Waals surface area (Å²) >= 11 is 0. The first-order valence-electron chi connectivity index (χ1n) is 5.51. The molecule has 81 valence electrons. The van der Waals surface area contributed by atoms with Crippen molar-refractivity contribution in [3.8, 4) is 0 Å². The molecule has 2 aromatic carbocycles. The van der Waals surface area contributed by atoms with E-state index in [9.17, 15) is 0 Å². The van der Waals surface area contributed by atoms with E-state index in [1.807, 2.05) is 59.3 Å². The van der Waals surface area contributed by atoms with Crippen LogP contribution in [-0.2, 0) is 0 Å². The molecular formula is C15H11N2. The molecule has 1 aromatic heterocycles. The topological polar surface area (TPSA) is 17.8 Å². The van der Waals surface area contributed by atoms with Crippen LogP contribution in [0.15, 0.2) is 54.6 Å². The van der Waals surface area contributed by atoms with Gasteiger partial charge in [0, 0.05) is 6.20 Å². The quantitative estimate of drug-likeness (QED) is 0.645. The monoisotopic (exact) mass is 219 g/mol. The maximum absolute atomic E-state index is 4.22. The molecule has 0 fully saturated rings. The molecule has 3 rings (SSSR count). The van der Waals surface area contributed by atoms with E-state index in [2.05, 4.69) is 23.4 Å². The average molecular weight is 219 g/mol. The Kier molecular flexibility index (Phi) is 2.47. The third-order valence-corrected chi connectivity index (χ3v) is 2.64. The van der Waals surface area contributed by atoms with E-state index in [4.69, 9.17) is 0 Å². The predicted octanol–water partition coefficient (Wildman–Crippen LogP) is 3.46. The molecule has 0 N–H and O–H groups in total. The average Bonchev–Trinajstić information content (AvgIpc) is 2.81. The summed E-state index contributed by atoms with van der Waals surface area (Å²) in [7, 11) is 0. The smallest absolute Gasteiger partial charge is 0.182 e. The minimum atomic E-state index is 0.963. The standard InChI is InChI=1S/C15H11N2/c1-2-6-13(7-3-1)10-11-17-12-16-14-8-4-5-9-15(14)17/h1-11H. The van der Waals surface area contributed by atoms with Crippen LogP contribution < -0.4 is 0 Å². The fourth-order valence-electron chi connectivity index (χ4n) is 1.76. The SMILES string of the molecule is [c]1nc2ccccc2n1C=Cc1ccccc1. The second-order valence-electron chi connectivity index (χ2n) is 3.80. The number of fused-ring (bicyclic) bond motifs is 1. The van der Waals surface area contributed by atoms with Gasteiger partial charge in [0.05, 0.1) is 11.0 Å². The molecule has 0 saturated carbocycles. The molecule has 2 heteroatoms. The Labute approximate surface area is 99.8 Å². The third kappa shape index (κ3) is 1.97. The summed E-state index contributed by atoms with van der Waals surface area (Å²) in [6.45, 7) is 0. The molecule has 3 aromatic rings. The zero-order valence-electron chi connectivity index (χ0n) is 9.25. The van der Waals surface area contributed by atoms with Crippen LogP contribution in [0.2, 0.25) is 0 Å². The number of imidazole rings is 1. The Balaban J connectivity index is 1.98. The number of nitrogens with zero attached hydrogens (tertiary/aromatic N) is 2. The Morgan fingerprint density at radius 3 is 2.59 bits per heavy atom. The van der Waals surface area contributed by atoms with Crippen molar-refractivity contribution < 1.29 is 0 Å². The first kappa shape index (κ1) is 9.85. The zero-order chi connectivity index (χ0) is 11.5. The van der Waals surface area contributed by atoms with Gasteiger partial charge in [-0.2, -0.15) is 0 Å². The van der Waals surface area contributed by atoms with Crippen molar-refractivity contribution in [2.24, 2.45) is 0 Å². The normalized spacial score (nSPS) is 11.3. The maximum atomic E-state index is 4.22. The van der Waals surface area contributed by atoms with Crippen molar-refractivity contribution in [3.05, 3.63) is 66.5 Å². The van der Waals surface area contributed by atoms with Gasteiger partial charge >= 0.3 is 0 Å². The first-order chi connectivity index (χ1) is 8.43. The lowest BCUT2D eigenvalue weighted by Crippen LogP contribution is -1.82. The zero-order valence-corrected chi connectivity index (χ0v) is 9.25. The van der Waals surface area contributed by atoms with E-state index < -0.39 is 0 Å². The van der Waals surface area contributed by atoms with Crippen molar-refractivity contribution in [1.29, 1.82) is 0 Å². The van der Waals surface area contributed by atoms with Crippen molar-refractivity contribution in [2.75, 3.05) is 0 Å². The van der Waals surface area contributed by atoms with Crippen molar-refractivity contribution >= 4 is 23.3 Å². The first-order valence-corrected chi connectivity index (χ1v) is 5.51. The van der Waals surface area contributed by atoms with E-state index >= 15 is 0 Å². The molecule has 0 saturated heterocycles. The fraction of sp³-hybridized carbons (Fsp3) is 0. The summed E-state index contributed by atoms with van der Waals surface area (Å²) < 4.78 is 1.91. The van der Waals surface area contributed by atoms with E-state index in [1.54, 1.807) is 0 Å². The Bertz CT molecular complexity index is 651. The van der Waals surface area contributed by atoms with E-state index in [1.165, 1.54) is 5.56 Å². The molecular weight excluding hydrogens is 208 g/mol. The molecule has 1 radical (unpaired) electrons.